The molecule has 1 atom stereocenters. The number of aromatic nitrogens is 1. The minimum atomic E-state index is -1.09. The third-order valence-electron chi connectivity index (χ3n) is 6.30. The van der Waals surface area contributed by atoms with Crippen LogP contribution in [0.15, 0.2) is 94.2 Å². The van der Waals surface area contributed by atoms with Gasteiger partial charge in [-0.3, -0.25) is 9.36 Å². The van der Waals surface area contributed by atoms with Crippen molar-refractivity contribution < 1.29 is 28.9 Å². The van der Waals surface area contributed by atoms with E-state index in [-0.39, 0.29) is 17.7 Å². The molecule has 0 saturated carbocycles. The number of aliphatic carboxylic acids is 1. The molecule has 0 amide bonds. The lowest BCUT2D eigenvalue weighted by molar-refractivity contribution is -0.140. The third kappa shape index (κ3) is 5.82. The number of hydrogen-bond acceptors (Lipinski definition) is 8. The van der Waals surface area contributed by atoms with Gasteiger partial charge in [0.15, 0.2) is 11.4 Å². The molecule has 10 heteroatoms. The van der Waals surface area contributed by atoms with Crippen LogP contribution in [0.2, 0.25) is 0 Å². The van der Waals surface area contributed by atoms with Crippen LogP contribution in [0.25, 0.3) is 11.8 Å². The summed E-state index contributed by atoms with van der Waals surface area (Å²) < 4.78 is 18.1. The molecule has 0 aliphatic carbocycles. The fourth-order valence-corrected chi connectivity index (χ4v) is 5.56. The topological polar surface area (TPSA) is 116 Å². The Balaban J connectivity index is 1.75. The molecule has 1 unspecified atom stereocenters. The first-order valence-electron chi connectivity index (χ1n) is 12.8. The molecule has 208 valence electrons. The summed E-state index contributed by atoms with van der Waals surface area (Å²) in [6.07, 6.45) is 1.69. The normalized spacial score (nSPS) is 14.7. The Morgan fingerprint density at radius 1 is 1.02 bits per heavy atom. The number of methoxy groups -OCH3 is 1. The second kappa shape index (κ2) is 12.1. The fourth-order valence-electron chi connectivity index (χ4n) is 4.56. The quantitative estimate of drug-likeness (QED) is 0.307. The van der Waals surface area contributed by atoms with Crippen molar-refractivity contribution in [2.75, 3.05) is 20.3 Å². The zero-order valence-corrected chi connectivity index (χ0v) is 23.1. The van der Waals surface area contributed by atoms with Gasteiger partial charge >= 0.3 is 11.9 Å². The van der Waals surface area contributed by atoms with E-state index in [1.165, 1.54) is 15.9 Å². The lowest BCUT2D eigenvalue weighted by Crippen LogP contribution is -2.40. The molecule has 3 aromatic carbocycles. The first-order valence-corrected chi connectivity index (χ1v) is 13.6. The van der Waals surface area contributed by atoms with E-state index in [0.717, 1.165) is 0 Å². The van der Waals surface area contributed by atoms with Gasteiger partial charge in [-0.2, -0.15) is 0 Å². The van der Waals surface area contributed by atoms with Crippen molar-refractivity contribution in [3.63, 3.8) is 0 Å². The molecule has 0 fully saturated rings. The highest BCUT2D eigenvalue weighted by Gasteiger charge is 2.35. The summed E-state index contributed by atoms with van der Waals surface area (Å²) in [5.74, 6) is -0.725. The van der Waals surface area contributed by atoms with Gasteiger partial charge in [0.2, 0.25) is 0 Å². The highest BCUT2D eigenvalue weighted by atomic mass is 32.1. The summed E-state index contributed by atoms with van der Waals surface area (Å²) in [5.41, 5.74) is 2.34. The smallest absolute Gasteiger partial charge is 0.341 e. The highest BCUT2D eigenvalue weighted by Crippen LogP contribution is 2.36. The van der Waals surface area contributed by atoms with Gasteiger partial charge in [0, 0.05) is 5.56 Å². The number of ether oxygens (including phenoxy) is 3. The Morgan fingerprint density at radius 2 is 1.78 bits per heavy atom. The Kier molecular flexibility index (Phi) is 8.11. The average Bonchev–Trinajstić information content (AvgIpc) is 3.30. The Hall–Kier alpha value is -4.96. The molecule has 1 N–H and O–H groups in total. The third-order valence-corrected chi connectivity index (χ3v) is 7.28. The summed E-state index contributed by atoms with van der Waals surface area (Å²) in [4.78, 5) is 43.7. The van der Waals surface area contributed by atoms with Gasteiger partial charge in [-0.15, -0.1) is 0 Å². The highest BCUT2D eigenvalue weighted by molar-refractivity contribution is 7.07. The Labute approximate surface area is 238 Å². The molecule has 1 aliphatic heterocycles. The van der Waals surface area contributed by atoms with E-state index < -0.39 is 24.6 Å². The second-order valence-electron chi connectivity index (χ2n) is 8.96. The fraction of sp³-hybridized carbons (Fsp3) is 0.161. The van der Waals surface area contributed by atoms with Crippen LogP contribution in [0, 0.1) is 0 Å². The predicted octanol–water partition coefficient (Wildman–Crippen LogP) is 3.41. The first-order chi connectivity index (χ1) is 19.9. The molecule has 41 heavy (non-hydrogen) atoms. The van der Waals surface area contributed by atoms with Crippen LogP contribution < -0.4 is 24.4 Å². The van der Waals surface area contributed by atoms with Gasteiger partial charge in [0.1, 0.15) is 11.5 Å². The molecule has 2 heterocycles. The van der Waals surface area contributed by atoms with Crippen LogP contribution in [0.1, 0.15) is 29.7 Å². The van der Waals surface area contributed by atoms with Crippen LogP contribution in [0.3, 0.4) is 0 Å². The molecule has 1 aliphatic rings. The van der Waals surface area contributed by atoms with Crippen molar-refractivity contribution in [1.82, 2.24) is 4.57 Å². The summed E-state index contributed by atoms with van der Waals surface area (Å²) in [6, 6.07) is 22.5. The van der Waals surface area contributed by atoms with Crippen LogP contribution in [-0.2, 0) is 14.3 Å². The van der Waals surface area contributed by atoms with Gasteiger partial charge in [-0.25, -0.2) is 14.6 Å². The number of nitrogens with zero attached hydrogens (tertiary/aromatic N) is 2. The van der Waals surface area contributed by atoms with Crippen molar-refractivity contribution in [2.24, 2.45) is 4.99 Å². The van der Waals surface area contributed by atoms with E-state index in [2.05, 4.69) is 0 Å². The van der Waals surface area contributed by atoms with Gasteiger partial charge in [-0.05, 0) is 48.4 Å². The molecule has 9 nitrogen and oxygen atoms in total. The van der Waals surface area contributed by atoms with E-state index in [9.17, 15) is 14.4 Å². The number of rotatable bonds is 9. The molecule has 0 spiro atoms. The van der Waals surface area contributed by atoms with E-state index in [0.29, 0.717) is 43.2 Å². The largest absolute Gasteiger partial charge is 0.497 e. The van der Waals surface area contributed by atoms with Gasteiger partial charge in [-0.1, -0.05) is 65.9 Å². The van der Waals surface area contributed by atoms with Gasteiger partial charge < -0.3 is 19.3 Å². The minimum absolute atomic E-state index is 0.153. The lowest BCUT2D eigenvalue weighted by Gasteiger charge is -2.26. The SMILES string of the molecule is CCOC(=O)C1=C(c2ccccc2)N=c2s/c(=C/c3cccc(OCC(=O)O)c3)c(=O)n2C1c1cccc(OC)c1. The summed E-state index contributed by atoms with van der Waals surface area (Å²) in [6.45, 7) is 1.40. The molecule has 0 saturated heterocycles. The van der Waals surface area contributed by atoms with Gasteiger partial charge in [0.05, 0.1) is 35.6 Å². The van der Waals surface area contributed by atoms with E-state index in [1.807, 2.05) is 36.4 Å². The standard InChI is InChI=1S/C31H26N2O7S/c1-3-39-30(37)26-27(20-10-5-4-6-11-20)32-31-33(28(26)21-12-8-13-22(17-21)38-2)29(36)24(41-31)16-19-9-7-14-23(15-19)40-18-25(34)35/h4-17,28H,3,18H2,1-2H3,(H,34,35)/b24-16+. The number of carboxylic acids is 1. The van der Waals surface area contributed by atoms with Crippen LogP contribution in [-0.4, -0.2) is 41.9 Å². The molecule has 4 aromatic rings. The molecule has 1 aromatic heterocycles. The van der Waals surface area contributed by atoms with Crippen LogP contribution in [0.5, 0.6) is 11.5 Å². The number of fused-ring (bicyclic) bond motifs is 1. The summed E-state index contributed by atoms with van der Waals surface area (Å²) >= 11 is 1.19. The number of carbonyl (C=O) groups excluding carboxylic acids is 1. The number of benzene rings is 3. The Morgan fingerprint density at radius 3 is 2.51 bits per heavy atom. The lowest BCUT2D eigenvalue weighted by atomic mass is 9.93. The maximum Gasteiger partial charge on any atom is 0.341 e. The maximum absolute atomic E-state index is 14.0. The second-order valence-corrected chi connectivity index (χ2v) is 9.97. The monoisotopic (exact) mass is 570 g/mol. The number of hydrogen-bond donors (Lipinski definition) is 1. The predicted molar refractivity (Wildman–Crippen MR) is 154 cm³/mol. The van der Waals surface area contributed by atoms with E-state index in [1.54, 1.807) is 62.6 Å². The molecule has 0 bridgehead atoms. The molecule has 5 rings (SSSR count). The average molecular weight is 571 g/mol. The number of carboxylic acid groups (broad SMARTS) is 1. The zero-order valence-electron chi connectivity index (χ0n) is 22.3. The van der Waals surface area contributed by atoms with Crippen molar-refractivity contribution >= 4 is 35.0 Å². The summed E-state index contributed by atoms with van der Waals surface area (Å²) in [7, 11) is 1.55. The van der Waals surface area contributed by atoms with Crippen molar-refractivity contribution in [3.8, 4) is 11.5 Å². The number of esters is 1. The van der Waals surface area contributed by atoms with Crippen LogP contribution >= 0.6 is 11.3 Å². The van der Waals surface area contributed by atoms with Crippen molar-refractivity contribution in [2.45, 2.75) is 13.0 Å². The van der Waals surface area contributed by atoms with Gasteiger partial charge in [0.25, 0.3) is 5.56 Å². The minimum Gasteiger partial charge on any atom is -0.497 e. The van der Waals surface area contributed by atoms with Crippen molar-refractivity contribution in [1.29, 1.82) is 0 Å². The number of thiazole rings is 1. The van der Waals surface area contributed by atoms with Crippen LogP contribution in [0.4, 0.5) is 0 Å². The zero-order chi connectivity index (χ0) is 28.9. The van der Waals surface area contributed by atoms with E-state index >= 15 is 0 Å². The van der Waals surface area contributed by atoms with E-state index in [4.69, 9.17) is 24.3 Å². The molecule has 0 radical (unpaired) electrons. The Bertz CT molecular complexity index is 1820. The molecular weight excluding hydrogens is 544 g/mol. The maximum atomic E-state index is 14.0. The number of carbonyl (C=O) groups is 2. The van der Waals surface area contributed by atoms with Crippen molar-refractivity contribution in [3.05, 3.63) is 121 Å². The molecular formula is C31H26N2O7S. The first kappa shape index (κ1) is 27.6. The summed E-state index contributed by atoms with van der Waals surface area (Å²) in [5, 5.41) is 8.93.